The summed E-state index contributed by atoms with van der Waals surface area (Å²) < 4.78 is 0. The maximum absolute atomic E-state index is 12.3. The van der Waals surface area contributed by atoms with E-state index in [-0.39, 0.29) is 30.3 Å². The van der Waals surface area contributed by atoms with Gasteiger partial charge < -0.3 is 15.5 Å². The van der Waals surface area contributed by atoms with E-state index in [1.165, 1.54) is 17.8 Å². The molecule has 3 heterocycles. The van der Waals surface area contributed by atoms with Crippen LogP contribution in [0.5, 0.6) is 0 Å². The lowest BCUT2D eigenvalue weighted by atomic mass is 10.0. The van der Waals surface area contributed by atoms with Crippen molar-refractivity contribution < 1.29 is 9.59 Å². The monoisotopic (exact) mass is 357 g/mol. The molecule has 1 unspecified atom stereocenters. The predicted octanol–water partition coefficient (Wildman–Crippen LogP) is 2.03. The molecular weight excluding hydrogens is 334 g/mol. The smallest absolute Gasteiger partial charge is 0.252 e. The summed E-state index contributed by atoms with van der Waals surface area (Å²) >= 11 is 1.53. The summed E-state index contributed by atoms with van der Waals surface area (Å²) in [6.07, 6.45) is 4.60. The maximum Gasteiger partial charge on any atom is 0.252 e. The minimum absolute atomic E-state index is 0. The van der Waals surface area contributed by atoms with Crippen molar-refractivity contribution in [1.82, 2.24) is 15.5 Å². The van der Waals surface area contributed by atoms with Gasteiger partial charge >= 0.3 is 0 Å². The molecule has 0 aliphatic carbocycles. The Morgan fingerprint density at radius 2 is 2.09 bits per heavy atom. The molecule has 5 nitrogen and oxygen atoms in total. The lowest BCUT2D eigenvalue weighted by Gasteiger charge is -2.33. The highest BCUT2D eigenvalue weighted by molar-refractivity contribution is 7.08. The number of hydrogen-bond donors (Lipinski definition) is 2. The van der Waals surface area contributed by atoms with Gasteiger partial charge in [-0.05, 0) is 43.7 Å². The van der Waals surface area contributed by atoms with Crippen molar-refractivity contribution in [2.45, 2.75) is 44.2 Å². The molecule has 2 aliphatic heterocycles. The van der Waals surface area contributed by atoms with E-state index in [4.69, 9.17) is 0 Å². The Morgan fingerprint density at radius 3 is 2.70 bits per heavy atom. The Morgan fingerprint density at radius 1 is 1.30 bits per heavy atom. The minimum atomic E-state index is 0. The number of hydrogen-bond acceptors (Lipinski definition) is 4. The fourth-order valence-corrected chi connectivity index (χ4v) is 3.84. The van der Waals surface area contributed by atoms with Crippen molar-refractivity contribution in [2.75, 3.05) is 19.6 Å². The van der Waals surface area contributed by atoms with Crippen LogP contribution in [0.25, 0.3) is 0 Å². The number of carbonyl (C=O) groups excluding carboxylic acids is 2. The molecule has 2 saturated heterocycles. The van der Waals surface area contributed by atoms with Crippen LogP contribution in [0.1, 0.15) is 42.5 Å². The normalized spacial score (nSPS) is 21.7. The third-order valence-electron chi connectivity index (χ3n) is 4.55. The van der Waals surface area contributed by atoms with Crippen LogP contribution in [0.3, 0.4) is 0 Å². The van der Waals surface area contributed by atoms with Crippen LogP contribution >= 0.6 is 23.7 Å². The average Bonchev–Trinajstić information content (AvgIpc) is 3.21. The van der Waals surface area contributed by atoms with Crippen LogP contribution in [0.2, 0.25) is 0 Å². The Kier molecular flexibility index (Phi) is 6.87. The molecule has 2 amide bonds. The summed E-state index contributed by atoms with van der Waals surface area (Å²) in [6.45, 7) is 2.54. The number of halogens is 1. The topological polar surface area (TPSA) is 61.4 Å². The molecule has 3 rings (SSSR count). The molecule has 2 N–H and O–H groups in total. The number of rotatable bonds is 4. The van der Waals surface area contributed by atoms with E-state index in [1.807, 2.05) is 21.7 Å². The zero-order valence-corrected chi connectivity index (χ0v) is 14.8. The third-order valence-corrected chi connectivity index (χ3v) is 5.23. The first-order valence-electron chi connectivity index (χ1n) is 8.06. The van der Waals surface area contributed by atoms with Crippen molar-refractivity contribution in [3.63, 3.8) is 0 Å². The number of likely N-dealkylation sites (tertiary alicyclic amines) is 1. The second-order valence-corrected chi connectivity index (χ2v) is 6.92. The van der Waals surface area contributed by atoms with Gasteiger partial charge in [0.2, 0.25) is 5.91 Å². The van der Waals surface area contributed by atoms with Gasteiger partial charge in [0.1, 0.15) is 0 Å². The number of amides is 2. The molecule has 1 aromatic rings. The number of carbonyl (C=O) groups is 2. The Labute approximate surface area is 147 Å². The molecule has 0 bridgehead atoms. The summed E-state index contributed by atoms with van der Waals surface area (Å²) in [7, 11) is 0. The minimum Gasteiger partial charge on any atom is -0.349 e. The van der Waals surface area contributed by atoms with Crippen molar-refractivity contribution in [3.05, 3.63) is 22.4 Å². The van der Waals surface area contributed by atoms with Gasteiger partial charge in [0.15, 0.2) is 0 Å². The van der Waals surface area contributed by atoms with Gasteiger partial charge in [0.25, 0.3) is 5.91 Å². The average molecular weight is 358 g/mol. The van der Waals surface area contributed by atoms with E-state index in [2.05, 4.69) is 10.6 Å². The summed E-state index contributed by atoms with van der Waals surface area (Å²) in [5, 5.41) is 10.2. The van der Waals surface area contributed by atoms with E-state index in [0.717, 1.165) is 44.5 Å². The molecule has 0 spiro atoms. The maximum atomic E-state index is 12.3. The molecule has 2 aliphatic rings. The number of nitrogens with zero attached hydrogens (tertiary/aromatic N) is 1. The van der Waals surface area contributed by atoms with Gasteiger partial charge in [-0.2, -0.15) is 11.3 Å². The fraction of sp³-hybridized carbons (Fsp3) is 0.625. The molecular formula is C16H24ClN3O2S. The first-order chi connectivity index (χ1) is 10.7. The van der Waals surface area contributed by atoms with Crippen LogP contribution < -0.4 is 10.6 Å². The van der Waals surface area contributed by atoms with Crippen molar-refractivity contribution in [2.24, 2.45) is 0 Å². The summed E-state index contributed by atoms with van der Waals surface area (Å²) in [4.78, 5) is 26.2. The molecule has 2 fully saturated rings. The van der Waals surface area contributed by atoms with Crippen molar-refractivity contribution >= 4 is 35.6 Å². The third kappa shape index (κ3) is 4.93. The Balaban J connectivity index is 0.00000192. The lowest BCUT2D eigenvalue weighted by Crippen LogP contribution is -2.47. The first-order valence-corrected chi connectivity index (χ1v) is 9.01. The van der Waals surface area contributed by atoms with Crippen LogP contribution in [0, 0.1) is 0 Å². The molecule has 1 atom stereocenters. The van der Waals surface area contributed by atoms with Gasteiger partial charge in [-0.1, -0.05) is 0 Å². The highest BCUT2D eigenvalue weighted by Gasteiger charge is 2.26. The zero-order chi connectivity index (χ0) is 15.4. The first kappa shape index (κ1) is 18.2. The second kappa shape index (κ2) is 8.66. The van der Waals surface area contributed by atoms with Gasteiger partial charge in [0.05, 0.1) is 0 Å². The lowest BCUT2D eigenvalue weighted by molar-refractivity contribution is -0.132. The molecule has 7 heteroatoms. The van der Waals surface area contributed by atoms with E-state index in [9.17, 15) is 9.59 Å². The largest absolute Gasteiger partial charge is 0.349 e. The summed E-state index contributed by atoms with van der Waals surface area (Å²) in [5.41, 5.74) is 0.732. The SMILES string of the molecule is Cl.O=C(NC1CCN(C(=O)CC2CCCN2)CC1)c1ccsc1. The summed E-state index contributed by atoms with van der Waals surface area (Å²) in [6, 6.07) is 2.39. The summed E-state index contributed by atoms with van der Waals surface area (Å²) in [5.74, 6) is 0.253. The number of nitrogens with one attached hydrogen (secondary N) is 2. The van der Waals surface area contributed by atoms with Crippen molar-refractivity contribution in [1.29, 1.82) is 0 Å². The van der Waals surface area contributed by atoms with E-state index in [1.54, 1.807) is 0 Å². The highest BCUT2D eigenvalue weighted by Crippen LogP contribution is 2.16. The molecule has 23 heavy (non-hydrogen) atoms. The van der Waals surface area contributed by atoms with Gasteiger partial charge in [-0.15, -0.1) is 12.4 Å². The van der Waals surface area contributed by atoms with Crippen LogP contribution in [-0.2, 0) is 4.79 Å². The second-order valence-electron chi connectivity index (χ2n) is 6.14. The van der Waals surface area contributed by atoms with Gasteiger partial charge in [0, 0.05) is 42.5 Å². The van der Waals surface area contributed by atoms with Gasteiger partial charge in [-0.25, -0.2) is 0 Å². The van der Waals surface area contributed by atoms with E-state index in [0.29, 0.717) is 12.5 Å². The quantitative estimate of drug-likeness (QED) is 0.866. The molecule has 0 aromatic carbocycles. The Hall–Kier alpha value is -1.11. The van der Waals surface area contributed by atoms with E-state index < -0.39 is 0 Å². The van der Waals surface area contributed by atoms with E-state index >= 15 is 0 Å². The fourth-order valence-electron chi connectivity index (χ4n) is 3.21. The van der Waals surface area contributed by atoms with Gasteiger partial charge in [-0.3, -0.25) is 9.59 Å². The van der Waals surface area contributed by atoms with Crippen LogP contribution in [0.15, 0.2) is 16.8 Å². The van der Waals surface area contributed by atoms with Crippen LogP contribution in [-0.4, -0.2) is 48.4 Å². The number of piperidine rings is 1. The van der Waals surface area contributed by atoms with Crippen LogP contribution in [0.4, 0.5) is 0 Å². The molecule has 128 valence electrons. The molecule has 0 saturated carbocycles. The highest BCUT2D eigenvalue weighted by atomic mass is 35.5. The van der Waals surface area contributed by atoms with Crippen molar-refractivity contribution in [3.8, 4) is 0 Å². The standard InChI is InChI=1S/C16H23N3O2S.ClH/c20-15(10-14-2-1-6-17-14)19-7-3-13(4-8-19)18-16(21)12-5-9-22-11-12;/h5,9,11,13-14,17H,1-4,6-8,10H2,(H,18,21);1H. The predicted molar refractivity (Wildman–Crippen MR) is 94.3 cm³/mol. The number of thiophene rings is 1. The molecule has 0 radical (unpaired) electrons. The Bertz CT molecular complexity index is 509. The zero-order valence-electron chi connectivity index (χ0n) is 13.1. The molecule has 1 aromatic heterocycles.